The first-order valence-electron chi connectivity index (χ1n) is 6.97. The van der Waals surface area contributed by atoms with Gasteiger partial charge in [-0.2, -0.15) is 0 Å². The van der Waals surface area contributed by atoms with E-state index in [0.717, 1.165) is 5.56 Å². The van der Waals surface area contributed by atoms with Gasteiger partial charge in [0.15, 0.2) is 0 Å². The van der Waals surface area contributed by atoms with Crippen molar-refractivity contribution >= 4 is 11.8 Å². The molecule has 0 radical (unpaired) electrons. The highest BCUT2D eigenvalue weighted by Crippen LogP contribution is 2.03. The summed E-state index contributed by atoms with van der Waals surface area (Å²) in [6.07, 6.45) is 0.328. The molecule has 1 aromatic rings. The van der Waals surface area contributed by atoms with Gasteiger partial charge >= 0.3 is 0 Å². The van der Waals surface area contributed by atoms with Crippen LogP contribution >= 0.6 is 0 Å². The van der Waals surface area contributed by atoms with Gasteiger partial charge in [0, 0.05) is 38.2 Å². The van der Waals surface area contributed by atoms with E-state index in [4.69, 9.17) is 5.73 Å². The molecule has 0 unspecified atom stereocenters. The Morgan fingerprint density at radius 3 is 2.25 bits per heavy atom. The van der Waals surface area contributed by atoms with Crippen molar-refractivity contribution in [2.24, 2.45) is 5.73 Å². The van der Waals surface area contributed by atoms with E-state index in [1.165, 1.54) is 0 Å². The van der Waals surface area contributed by atoms with Crippen molar-refractivity contribution in [3.8, 4) is 0 Å². The highest BCUT2D eigenvalue weighted by molar-refractivity contribution is 5.94. The number of hydrogen-bond acceptors (Lipinski definition) is 3. The Morgan fingerprint density at radius 1 is 1.15 bits per heavy atom. The topological polar surface area (TPSA) is 75.4 Å². The van der Waals surface area contributed by atoms with Crippen LogP contribution in [-0.4, -0.2) is 36.3 Å². The molecule has 0 aliphatic heterocycles. The molecule has 0 spiro atoms. The number of carbonyl (C=O) groups excluding carboxylic acids is 2. The third kappa shape index (κ3) is 4.66. The average molecular weight is 277 g/mol. The SMILES string of the molecule is CCN(CC)C(=O)CCNC(=O)c1ccc(CN)cc1. The molecule has 5 heteroatoms. The van der Waals surface area contributed by atoms with E-state index in [1.54, 1.807) is 17.0 Å². The van der Waals surface area contributed by atoms with Crippen molar-refractivity contribution in [3.05, 3.63) is 35.4 Å². The molecule has 1 rings (SSSR count). The van der Waals surface area contributed by atoms with Crippen molar-refractivity contribution in [1.82, 2.24) is 10.2 Å². The van der Waals surface area contributed by atoms with Crippen molar-refractivity contribution < 1.29 is 9.59 Å². The molecule has 0 heterocycles. The van der Waals surface area contributed by atoms with Crippen LogP contribution in [0.4, 0.5) is 0 Å². The number of hydrogen-bond donors (Lipinski definition) is 2. The van der Waals surface area contributed by atoms with Crippen LogP contribution in [0.15, 0.2) is 24.3 Å². The van der Waals surface area contributed by atoms with E-state index in [0.29, 0.717) is 38.2 Å². The van der Waals surface area contributed by atoms with E-state index < -0.39 is 0 Å². The summed E-state index contributed by atoms with van der Waals surface area (Å²) >= 11 is 0. The normalized spacial score (nSPS) is 10.2. The molecule has 1 aromatic carbocycles. The summed E-state index contributed by atoms with van der Waals surface area (Å²) in [7, 11) is 0. The van der Waals surface area contributed by atoms with Gasteiger partial charge in [-0.3, -0.25) is 9.59 Å². The third-order valence-corrected chi connectivity index (χ3v) is 3.19. The lowest BCUT2D eigenvalue weighted by atomic mass is 10.1. The minimum absolute atomic E-state index is 0.0637. The average Bonchev–Trinajstić information content (AvgIpc) is 2.48. The molecule has 20 heavy (non-hydrogen) atoms. The van der Waals surface area contributed by atoms with E-state index in [1.807, 2.05) is 26.0 Å². The van der Waals surface area contributed by atoms with Gasteiger partial charge in [0.25, 0.3) is 5.91 Å². The second-order valence-corrected chi connectivity index (χ2v) is 4.47. The number of carbonyl (C=O) groups is 2. The van der Waals surface area contributed by atoms with Gasteiger partial charge in [-0.05, 0) is 31.5 Å². The first-order valence-corrected chi connectivity index (χ1v) is 6.97. The molecule has 110 valence electrons. The summed E-state index contributed by atoms with van der Waals surface area (Å²) in [6, 6.07) is 7.14. The minimum Gasteiger partial charge on any atom is -0.352 e. The van der Waals surface area contributed by atoms with Gasteiger partial charge in [0.1, 0.15) is 0 Å². The van der Waals surface area contributed by atoms with Crippen LogP contribution in [-0.2, 0) is 11.3 Å². The van der Waals surface area contributed by atoms with Crippen molar-refractivity contribution in [2.45, 2.75) is 26.8 Å². The van der Waals surface area contributed by atoms with Gasteiger partial charge in [-0.1, -0.05) is 12.1 Å². The maximum absolute atomic E-state index is 11.9. The lowest BCUT2D eigenvalue weighted by Gasteiger charge is -2.18. The Morgan fingerprint density at radius 2 is 1.75 bits per heavy atom. The maximum atomic E-state index is 11.9. The van der Waals surface area contributed by atoms with Crippen molar-refractivity contribution in [3.63, 3.8) is 0 Å². The monoisotopic (exact) mass is 277 g/mol. The van der Waals surface area contributed by atoms with Gasteiger partial charge in [-0.25, -0.2) is 0 Å². The molecule has 2 amide bonds. The van der Waals surface area contributed by atoms with Crippen LogP contribution in [0.25, 0.3) is 0 Å². The van der Waals surface area contributed by atoms with E-state index >= 15 is 0 Å². The summed E-state index contributed by atoms with van der Waals surface area (Å²) in [4.78, 5) is 25.4. The fourth-order valence-electron chi connectivity index (χ4n) is 1.91. The van der Waals surface area contributed by atoms with Crippen LogP contribution in [0, 0.1) is 0 Å². The fraction of sp³-hybridized carbons (Fsp3) is 0.467. The summed E-state index contributed by atoms with van der Waals surface area (Å²) in [5.41, 5.74) is 7.07. The lowest BCUT2D eigenvalue weighted by molar-refractivity contribution is -0.130. The number of nitrogens with one attached hydrogen (secondary N) is 1. The maximum Gasteiger partial charge on any atom is 0.251 e. The molecule has 0 aliphatic carbocycles. The zero-order chi connectivity index (χ0) is 15.0. The van der Waals surface area contributed by atoms with E-state index in [9.17, 15) is 9.59 Å². The molecule has 0 fully saturated rings. The molecule has 0 saturated heterocycles. The number of rotatable bonds is 7. The smallest absolute Gasteiger partial charge is 0.251 e. The molecule has 3 N–H and O–H groups in total. The highest BCUT2D eigenvalue weighted by atomic mass is 16.2. The first-order chi connectivity index (χ1) is 9.62. The Labute approximate surface area is 120 Å². The molecule has 0 saturated carbocycles. The van der Waals surface area contributed by atoms with E-state index in [-0.39, 0.29) is 11.8 Å². The van der Waals surface area contributed by atoms with Gasteiger partial charge in [0.2, 0.25) is 5.91 Å². The lowest BCUT2D eigenvalue weighted by Crippen LogP contribution is -2.34. The van der Waals surface area contributed by atoms with Gasteiger partial charge in [-0.15, -0.1) is 0 Å². The standard InChI is InChI=1S/C15H23N3O2/c1-3-18(4-2)14(19)9-10-17-15(20)13-7-5-12(11-16)6-8-13/h5-8H,3-4,9-11,16H2,1-2H3,(H,17,20). The molecular formula is C15H23N3O2. The van der Waals surface area contributed by atoms with Crippen molar-refractivity contribution in [2.75, 3.05) is 19.6 Å². The molecule has 0 aliphatic rings. The van der Waals surface area contributed by atoms with Crippen LogP contribution in [0.1, 0.15) is 36.2 Å². The summed E-state index contributed by atoms with van der Waals surface area (Å²) in [6.45, 7) is 6.10. The molecular weight excluding hydrogens is 254 g/mol. The Kier molecular flexibility index (Phi) is 6.73. The minimum atomic E-state index is -0.166. The zero-order valence-electron chi connectivity index (χ0n) is 12.2. The molecule has 5 nitrogen and oxygen atoms in total. The number of nitrogens with two attached hydrogens (primary N) is 1. The van der Waals surface area contributed by atoms with Crippen LogP contribution in [0.5, 0.6) is 0 Å². The number of amides is 2. The molecule has 0 aromatic heterocycles. The molecule has 0 bridgehead atoms. The quantitative estimate of drug-likeness (QED) is 0.784. The Balaban J connectivity index is 2.41. The largest absolute Gasteiger partial charge is 0.352 e. The zero-order valence-corrected chi connectivity index (χ0v) is 12.2. The summed E-state index contributed by atoms with van der Waals surface area (Å²) in [5.74, 6) is -0.102. The van der Waals surface area contributed by atoms with Crippen LogP contribution in [0.3, 0.4) is 0 Å². The molecule has 0 atom stereocenters. The highest BCUT2D eigenvalue weighted by Gasteiger charge is 2.10. The van der Waals surface area contributed by atoms with Crippen LogP contribution < -0.4 is 11.1 Å². The Hall–Kier alpha value is -1.88. The van der Waals surface area contributed by atoms with Gasteiger partial charge < -0.3 is 16.0 Å². The predicted octanol–water partition coefficient (Wildman–Crippen LogP) is 1.13. The van der Waals surface area contributed by atoms with Crippen LogP contribution in [0.2, 0.25) is 0 Å². The van der Waals surface area contributed by atoms with Gasteiger partial charge in [0.05, 0.1) is 0 Å². The van der Waals surface area contributed by atoms with E-state index in [2.05, 4.69) is 5.32 Å². The second kappa shape index (κ2) is 8.32. The summed E-state index contributed by atoms with van der Waals surface area (Å²) < 4.78 is 0. The second-order valence-electron chi connectivity index (χ2n) is 4.47. The third-order valence-electron chi connectivity index (χ3n) is 3.19. The number of benzene rings is 1. The fourth-order valence-corrected chi connectivity index (χ4v) is 1.91. The first kappa shape index (κ1) is 16.2. The Bertz CT molecular complexity index is 439. The summed E-state index contributed by atoms with van der Waals surface area (Å²) in [5, 5.41) is 2.75. The van der Waals surface area contributed by atoms with Crippen molar-refractivity contribution in [1.29, 1.82) is 0 Å². The predicted molar refractivity (Wildman–Crippen MR) is 79.2 cm³/mol. The number of nitrogens with zero attached hydrogens (tertiary/aromatic N) is 1.